The minimum Gasteiger partial charge on any atom is -0.370 e. The molecule has 3 rings (SSSR count). The molecule has 5 heteroatoms. The highest BCUT2D eigenvalue weighted by Gasteiger charge is 2.39. The Hall–Kier alpha value is -2.40. The number of nitrogens with zero attached hydrogens (tertiary/aromatic N) is 2. The summed E-state index contributed by atoms with van der Waals surface area (Å²) in [7, 11) is 0. The summed E-state index contributed by atoms with van der Waals surface area (Å²) in [5, 5.41) is 3.31. The Morgan fingerprint density at radius 3 is 2.52 bits per heavy atom. The number of piperidine rings is 1. The Morgan fingerprint density at radius 2 is 1.91 bits per heavy atom. The van der Waals surface area contributed by atoms with Crippen molar-refractivity contribution in [3.8, 4) is 0 Å². The lowest BCUT2D eigenvalue weighted by atomic mass is 9.86. The zero-order valence-electron chi connectivity index (χ0n) is 13.1. The van der Waals surface area contributed by atoms with Crippen LogP contribution in [0, 0.1) is 0 Å². The molecule has 23 heavy (non-hydrogen) atoms. The van der Waals surface area contributed by atoms with Gasteiger partial charge in [-0.15, -0.1) is 0 Å². The molecule has 0 unspecified atom stereocenters. The third kappa shape index (κ3) is 3.68. The number of primary amides is 1. The van der Waals surface area contributed by atoms with Crippen molar-refractivity contribution < 1.29 is 4.79 Å². The quantitative estimate of drug-likeness (QED) is 0.886. The van der Waals surface area contributed by atoms with Gasteiger partial charge in [0.05, 0.1) is 5.69 Å². The average Bonchev–Trinajstić information content (AvgIpc) is 2.58. The number of rotatable bonds is 5. The lowest BCUT2D eigenvalue weighted by Crippen LogP contribution is -2.56. The molecular weight excluding hydrogens is 288 g/mol. The molecule has 1 aliphatic rings. The Bertz CT molecular complexity index is 637. The molecule has 0 spiro atoms. The van der Waals surface area contributed by atoms with Crippen LogP contribution < -0.4 is 11.1 Å². The Balaban J connectivity index is 1.65. The van der Waals surface area contributed by atoms with Crippen molar-refractivity contribution in [1.82, 2.24) is 9.88 Å². The van der Waals surface area contributed by atoms with Crippen LogP contribution in [0.4, 0.5) is 5.69 Å². The number of aromatic nitrogens is 1. The number of carbonyl (C=O) groups excluding carboxylic acids is 1. The van der Waals surface area contributed by atoms with Gasteiger partial charge in [-0.25, -0.2) is 0 Å². The summed E-state index contributed by atoms with van der Waals surface area (Å²) in [6.07, 6.45) is 4.83. The fourth-order valence-corrected chi connectivity index (χ4v) is 3.08. The van der Waals surface area contributed by atoms with E-state index >= 15 is 0 Å². The molecule has 1 aromatic heterocycles. The first kappa shape index (κ1) is 15.5. The molecule has 1 aliphatic heterocycles. The predicted molar refractivity (Wildman–Crippen MR) is 90.7 cm³/mol. The second kappa shape index (κ2) is 6.79. The van der Waals surface area contributed by atoms with Crippen LogP contribution in [0.2, 0.25) is 0 Å². The third-order valence-corrected chi connectivity index (χ3v) is 4.48. The third-order valence-electron chi connectivity index (χ3n) is 4.48. The van der Waals surface area contributed by atoms with Gasteiger partial charge >= 0.3 is 0 Å². The van der Waals surface area contributed by atoms with Gasteiger partial charge in [0.1, 0.15) is 5.54 Å². The predicted octanol–water partition coefficient (Wildman–Crippen LogP) is 2.01. The summed E-state index contributed by atoms with van der Waals surface area (Å²) >= 11 is 0. The largest absolute Gasteiger partial charge is 0.370 e. The van der Waals surface area contributed by atoms with Crippen LogP contribution in [0.25, 0.3) is 0 Å². The van der Waals surface area contributed by atoms with E-state index in [1.165, 1.54) is 5.56 Å². The number of hydrogen-bond donors (Lipinski definition) is 2. The van der Waals surface area contributed by atoms with Crippen molar-refractivity contribution in [1.29, 1.82) is 0 Å². The first-order chi connectivity index (χ1) is 11.2. The van der Waals surface area contributed by atoms with Crippen LogP contribution in [0.15, 0.2) is 54.9 Å². The number of nitrogens with one attached hydrogen (secondary N) is 1. The maximum absolute atomic E-state index is 12.1. The van der Waals surface area contributed by atoms with E-state index in [0.717, 1.165) is 25.3 Å². The van der Waals surface area contributed by atoms with Gasteiger partial charge in [0.2, 0.25) is 5.91 Å². The number of amides is 1. The Kier molecular flexibility index (Phi) is 4.57. The Labute approximate surface area is 136 Å². The number of pyridine rings is 1. The number of hydrogen-bond acceptors (Lipinski definition) is 4. The standard InChI is InChI=1S/C18H22N4O/c19-17(23)18(21-16-7-4-10-20-13-16)8-11-22(12-9-18)14-15-5-2-1-3-6-15/h1-7,10,13,21H,8-9,11-12,14H2,(H2,19,23). The second-order valence-electron chi connectivity index (χ2n) is 6.07. The number of carbonyl (C=O) groups is 1. The van der Waals surface area contributed by atoms with E-state index in [1.807, 2.05) is 18.2 Å². The molecule has 0 atom stereocenters. The minimum atomic E-state index is -0.684. The zero-order valence-corrected chi connectivity index (χ0v) is 13.1. The van der Waals surface area contributed by atoms with Gasteiger partial charge in [0, 0.05) is 32.0 Å². The van der Waals surface area contributed by atoms with Crippen LogP contribution in [0.1, 0.15) is 18.4 Å². The molecule has 3 N–H and O–H groups in total. The fourth-order valence-electron chi connectivity index (χ4n) is 3.08. The van der Waals surface area contributed by atoms with Gasteiger partial charge in [-0.2, -0.15) is 0 Å². The molecule has 5 nitrogen and oxygen atoms in total. The molecule has 2 aromatic rings. The molecule has 2 heterocycles. The van der Waals surface area contributed by atoms with Crippen molar-refractivity contribution in [3.05, 3.63) is 60.4 Å². The summed E-state index contributed by atoms with van der Waals surface area (Å²) in [6.45, 7) is 2.58. The highest BCUT2D eigenvalue weighted by atomic mass is 16.1. The molecule has 0 saturated carbocycles. The maximum atomic E-state index is 12.1. The van der Waals surface area contributed by atoms with Crippen molar-refractivity contribution in [2.45, 2.75) is 24.9 Å². The highest BCUT2D eigenvalue weighted by molar-refractivity contribution is 5.88. The van der Waals surface area contributed by atoms with Gasteiger partial charge in [0.25, 0.3) is 0 Å². The highest BCUT2D eigenvalue weighted by Crippen LogP contribution is 2.27. The SMILES string of the molecule is NC(=O)C1(Nc2cccnc2)CCN(Cc2ccccc2)CC1. The number of nitrogens with two attached hydrogens (primary N) is 1. The van der Waals surface area contributed by atoms with Gasteiger partial charge in [-0.3, -0.25) is 14.7 Å². The van der Waals surface area contributed by atoms with E-state index in [4.69, 9.17) is 5.73 Å². The molecule has 0 bridgehead atoms. The first-order valence-corrected chi connectivity index (χ1v) is 7.92. The summed E-state index contributed by atoms with van der Waals surface area (Å²) in [5.74, 6) is -0.291. The van der Waals surface area contributed by atoms with Gasteiger partial charge in [-0.05, 0) is 30.5 Å². The second-order valence-corrected chi connectivity index (χ2v) is 6.07. The van der Waals surface area contributed by atoms with Crippen molar-refractivity contribution in [2.75, 3.05) is 18.4 Å². The number of likely N-dealkylation sites (tertiary alicyclic amines) is 1. The number of benzene rings is 1. The van der Waals surface area contributed by atoms with Crippen LogP contribution >= 0.6 is 0 Å². The van der Waals surface area contributed by atoms with E-state index in [9.17, 15) is 4.79 Å². The summed E-state index contributed by atoms with van der Waals surface area (Å²) < 4.78 is 0. The summed E-state index contributed by atoms with van der Waals surface area (Å²) in [4.78, 5) is 18.5. The van der Waals surface area contributed by atoms with E-state index in [2.05, 4.69) is 39.5 Å². The van der Waals surface area contributed by atoms with Gasteiger partial charge in [0.15, 0.2) is 0 Å². The van der Waals surface area contributed by atoms with Crippen molar-refractivity contribution in [3.63, 3.8) is 0 Å². The van der Waals surface area contributed by atoms with Crippen molar-refractivity contribution in [2.24, 2.45) is 5.73 Å². The summed E-state index contributed by atoms with van der Waals surface area (Å²) in [6, 6.07) is 14.1. The molecule has 1 aromatic carbocycles. The molecule has 120 valence electrons. The zero-order chi connectivity index (χ0) is 16.1. The lowest BCUT2D eigenvalue weighted by Gasteiger charge is -2.40. The molecule has 0 radical (unpaired) electrons. The first-order valence-electron chi connectivity index (χ1n) is 7.92. The monoisotopic (exact) mass is 310 g/mol. The molecular formula is C18H22N4O. The molecule has 1 fully saturated rings. The minimum absolute atomic E-state index is 0.291. The van der Waals surface area contributed by atoms with E-state index in [0.29, 0.717) is 12.8 Å². The number of anilines is 1. The Morgan fingerprint density at radius 1 is 1.17 bits per heavy atom. The molecule has 1 amide bonds. The maximum Gasteiger partial charge on any atom is 0.243 e. The van der Waals surface area contributed by atoms with E-state index in [1.54, 1.807) is 12.4 Å². The molecule has 1 saturated heterocycles. The topological polar surface area (TPSA) is 71.2 Å². The fraction of sp³-hybridized carbons (Fsp3) is 0.333. The van der Waals surface area contributed by atoms with Gasteiger partial charge < -0.3 is 11.1 Å². The van der Waals surface area contributed by atoms with Crippen LogP contribution in [-0.2, 0) is 11.3 Å². The van der Waals surface area contributed by atoms with E-state index in [-0.39, 0.29) is 5.91 Å². The smallest absolute Gasteiger partial charge is 0.243 e. The van der Waals surface area contributed by atoms with Crippen molar-refractivity contribution >= 4 is 11.6 Å². The summed E-state index contributed by atoms with van der Waals surface area (Å²) in [5.41, 5.74) is 7.15. The van der Waals surface area contributed by atoms with Crippen LogP contribution in [0.3, 0.4) is 0 Å². The van der Waals surface area contributed by atoms with Gasteiger partial charge in [-0.1, -0.05) is 30.3 Å². The van der Waals surface area contributed by atoms with Crippen LogP contribution in [-0.4, -0.2) is 34.4 Å². The van der Waals surface area contributed by atoms with Crippen LogP contribution in [0.5, 0.6) is 0 Å². The molecule has 0 aliphatic carbocycles. The normalized spacial score (nSPS) is 17.6. The average molecular weight is 310 g/mol. The van der Waals surface area contributed by atoms with E-state index < -0.39 is 5.54 Å². The lowest BCUT2D eigenvalue weighted by molar-refractivity contribution is -0.123.